The lowest BCUT2D eigenvalue weighted by molar-refractivity contribution is 0.0474. The van der Waals surface area contributed by atoms with E-state index in [1.807, 2.05) is 0 Å². The second-order valence-corrected chi connectivity index (χ2v) is 10.1. The van der Waals surface area contributed by atoms with Gasteiger partial charge in [0, 0.05) is 12.6 Å². The van der Waals surface area contributed by atoms with Crippen LogP contribution < -0.4 is 23.3 Å². The Morgan fingerprint density at radius 3 is 1.97 bits per heavy atom. The fourth-order valence-electron chi connectivity index (χ4n) is 3.44. The second-order valence-electron chi connectivity index (χ2n) is 7.73. The van der Waals surface area contributed by atoms with E-state index in [-0.39, 0.29) is 32.5 Å². The van der Waals surface area contributed by atoms with Crippen molar-refractivity contribution in [2.75, 3.05) is 46.4 Å². The molecule has 0 aliphatic rings. The molecule has 0 saturated heterocycles. The summed E-state index contributed by atoms with van der Waals surface area (Å²) in [6.45, 7) is -0.642. The number of Topliss-reactive ketones (excluding diaryl/α,β-unsaturated/α-hetero) is 1. The van der Waals surface area contributed by atoms with Crippen LogP contribution in [0.4, 0.5) is 5.69 Å². The standard InChI is InChI=1S/C26H26ClNO9S/c1-28(17-6-8-18(33-2)9-7-17)38(31,32)19-10-11-21(27)20(14-19)26(30)37-15-22(29)16-12-23(34-3)25(36-5)24(13-16)35-4/h6-14H,15H2,1-5H3. The molecular weight excluding hydrogens is 538 g/mol. The number of methoxy groups -OCH3 is 4. The van der Waals surface area contributed by atoms with Gasteiger partial charge in [-0.1, -0.05) is 11.6 Å². The van der Waals surface area contributed by atoms with E-state index in [4.69, 9.17) is 35.3 Å². The van der Waals surface area contributed by atoms with Crippen LogP contribution in [-0.4, -0.2) is 62.3 Å². The summed E-state index contributed by atoms with van der Waals surface area (Å²) in [5.74, 6) is -0.159. The van der Waals surface area contributed by atoms with Crippen LogP contribution in [-0.2, 0) is 14.8 Å². The van der Waals surface area contributed by atoms with Crippen LogP contribution in [0.2, 0.25) is 5.02 Å². The van der Waals surface area contributed by atoms with Gasteiger partial charge in [0.2, 0.25) is 11.5 Å². The minimum atomic E-state index is -4.06. The monoisotopic (exact) mass is 563 g/mol. The average Bonchev–Trinajstić information content (AvgIpc) is 2.94. The van der Waals surface area contributed by atoms with Gasteiger partial charge in [-0.05, 0) is 54.6 Å². The van der Waals surface area contributed by atoms with Gasteiger partial charge in [-0.25, -0.2) is 13.2 Å². The minimum absolute atomic E-state index is 0.0405. The number of ether oxygens (including phenoxy) is 5. The third kappa shape index (κ3) is 5.95. The molecule has 3 aromatic carbocycles. The van der Waals surface area contributed by atoms with E-state index in [1.54, 1.807) is 24.3 Å². The number of anilines is 1. The summed E-state index contributed by atoms with van der Waals surface area (Å²) >= 11 is 6.16. The molecular formula is C26H26ClNO9S. The number of esters is 1. The highest BCUT2D eigenvalue weighted by Crippen LogP contribution is 2.38. The molecule has 0 bridgehead atoms. The Morgan fingerprint density at radius 1 is 0.842 bits per heavy atom. The van der Waals surface area contributed by atoms with Crippen molar-refractivity contribution in [2.24, 2.45) is 0 Å². The van der Waals surface area contributed by atoms with E-state index < -0.39 is 28.4 Å². The summed E-state index contributed by atoms with van der Waals surface area (Å²) in [5.41, 5.74) is 0.310. The summed E-state index contributed by atoms with van der Waals surface area (Å²) in [6, 6.07) is 12.9. The minimum Gasteiger partial charge on any atom is -0.497 e. The van der Waals surface area contributed by atoms with Crippen molar-refractivity contribution >= 4 is 39.1 Å². The Labute approximate surface area is 225 Å². The number of halogens is 1. The summed E-state index contributed by atoms with van der Waals surface area (Å²) < 4.78 is 53.4. The van der Waals surface area contributed by atoms with Crippen molar-refractivity contribution in [1.29, 1.82) is 0 Å². The first-order valence-corrected chi connectivity index (χ1v) is 12.8. The highest BCUT2D eigenvalue weighted by Gasteiger charge is 2.25. The summed E-state index contributed by atoms with van der Waals surface area (Å²) in [4.78, 5) is 25.3. The molecule has 10 nitrogen and oxygen atoms in total. The molecule has 202 valence electrons. The van der Waals surface area contributed by atoms with E-state index in [0.717, 1.165) is 10.4 Å². The fraction of sp³-hybridized carbons (Fsp3) is 0.231. The predicted molar refractivity (Wildman–Crippen MR) is 141 cm³/mol. The lowest BCUT2D eigenvalue weighted by Crippen LogP contribution is -2.26. The number of nitrogens with zero attached hydrogens (tertiary/aromatic N) is 1. The van der Waals surface area contributed by atoms with Crippen LogP contribution in [0.3, 0.4) is 0 Å². The topological polar surface area (TPSA) is 118 Å². The number of benzene rings is 3. The Balaban J connectivity index is 1.81. The Hall–Kier alpha value is -3.96. The maximum Gasteiger partial charge on any atom is 0.340 e. The molecule has 0 unspecified atom stereocenters. The van der Waals surface area contributed by atoms with Crippen LogP contribution in [0.5, 0.6) is 23.0 Å². The second kappa shape index (κ2) is 12.1. The van der Waals surface area contributed by atoms with Gasteiger partial charge in [0.15, 0.2) is 18.1 Å². The first-order chi connectivity index (χ1) is 18.1. The molecule has 0 heterocycles. The molecule has 12 heteroatoms. The van der Waals surface area contributed by atoms with Gasteiger partial charge < -0.3 is 23.7 Å². The van der Waals surface area contributed by atoms with Gasteiger partial charge in [0.25, 0.3) is 10.0 Å². The third-order valence-corrected chi connectivity index (χ3v) is 7.68. The van der Waals surface area contributed by atoms with Crippen molar-refractivity contribution in [1.82, 2.24) is 0 Å². The molecule has 0 amide bonds. The normalized spacial score (nSPS) is 10.9. The third-order valence-electron chi connectivity index (χ3n) is 5.57. The van der Waals surface area contributed by atoms with Crippen molar-refractivity contribution in [3.63, 3.8) is 0 Å². The largest absolute Gasteiger partial charge is 0.497 e. The lowest BCUT2D eigenvalue weighted by atomic mass is 10.1. The van der Waals surface area contributed by atoms with Crippen LogP contribution in [0, 0.1) is 0 Å². The van der Waals surface area contributed by atoms with Crippen molar-refractivity contribution in [3.8, 4) is 23.0 Å². The first kappa shape index (κ1) is 28.6. The molecule has 0 saturated carbocycles. The summed E-state index contributed by atoms with van der Waals surface area (Å²) in [5, 5.41) is -0.0405. The molecule has 0 fully saturated rings. The van der Waals surface area contributed by atoms with Gasteiger partial charge >= 0.3 is 5.97 Å². The number of hydrogen-bond donors (Lipinski definition) is 0. The molecule has 0 radical (unpaired) electrons. The zero-order chi connectivity index (χ0) is 28.0. The summed E-state index contributed by atoms with van der Waals surface area (Å²) in [6.07, 6.45) is 0. The van der Waals surface area contributed by atoms with Crippen molar-refractivity contribution in [3.05, 3.63) is 70.7 Å². The van der Waals surface area contributed by atoms with Gasteiger partial charge in [0.05, 0.1) is 49.6 Å². The molecule has 0 aliphatic carbocycles. The smallest absolute Gasteiger partial charge is 0.340 e. The van der Waals surface area contributed by atoms with Gasteiger partial charge in [-0.2, -0.15) is 0 Å². The first-order valence-electron chi connectivity index (χ1n) is 11.0. The lowest BCUT2D eigenvalue weighted by Gasteiger charge is -2.20. The zero-order valence-corrected chi connectivity index (χ0v) is 22.9. The fourth-order valence-corrected chi connectivity index (χ4v) is 4.86. The summed E-state index contributed by atoms with van der Waals surface area (Å²) in [7, 11) is 3.05. The maximum absolute atomic E-state index is 13.2. The quantitative estimate of drug-likeness (QED) is 0.249. The SMILES string of the molecule is COc1ccc(N(C)S(=O)(=O)c2ccc(Cl)c(C(=O)OCC(=O)c3cc(OC)c(OC)c(OC)c3)c2)cc1. The van der Waals surface area contributed by atoms with Crippen molar-refractivity contribution < 1.29 is 41.7 Å². The number of carbonyl (C=O) groups excluding carboxylic acids is 2. The molecule has 3 aromatic rings. The highest BCUT2D eigenvalue weighted by atomic mass is 35.5. The van der Waals surface area contributed by atoms with Gasteiger partial charge in [0.1, 0.15) is 5.75 Å². The maximum atomic E-state index is 13.2. The van der Waals surface area contributed by atoms with Crippen LogP contribution >= 0.6 is 11.6 Å². The van der Waals surface area contributed by atoms with E-state index in [9.17, 15) is 18.0 Å². The molecule has 38 heavy (non-hydrogen) atoms. The Bertz CT molecular complexity index is 1410. The van der Waals surface area contributed by atoms with Crippen molar-refractivity contribution in [2.45, 2.75) is 4.90 Å². The zero-order valence-electron chi connectivity index (χ0n) is 21.3. The Kier molecular flexibility index (Phi) is 9.08. The molecule has 0 N–H and O–H groups in total. The molecule has 0 atom stereocenters. The van der Waals surface area contributed by atoms with Gasteiger partial charge in [-0.15, -0.1) is 0 Å². The van der Waals surface area contributed by atoms with E-state index in [2.05, 4.69) is 0 Å². The van der Waals surface area contributed by atoms with Crippen LogP contribution in [0.1, 0.15) is 20.7 Å². The molecule has 0 aromatic heterocycles. The number of hydrogen-bond acceptors (Lipinski definition) is 9. The molecule has 3 rings (SSSR count). The predicted octanol–water partition coefficient (Wildman–Crippen LogP) is 4.24. The average molecular weight is 564 g/mol. The highest BCUT2D eigenvalue weighted by molar-refractivity contribution is 7.92. The van der Waals surface area contributed by atoms with Gasteiger partial charge in [-0.3, -0.25) is 9.10 Å². The van der Waals surface area contributed by atoms with E-state index in [1.165, 1.54) is 59.8 Å². The number of rotatable bonds is 11. The van der Waals surface area contributed by atoms with Crippen LogP contribution in [0.25, 0.3) is 0 Å². The van der Waals surface area contributed by atoms with E-state index >= 15 is 0 Å². The number of ketones is 1. The number of carbonyl (C=O) groups is 2. The Morgan fingerprint density at radius 2 is 1.45 bits per heavy atom. The molecule has 0 aliphatic heterocycles. The van der Waals surface area contributed by atoms with Crippen LogP contribution in [0.15, 0.2) is 59.5 Å². The molecule has 0 spiro atoms. The number of sulfonamides is 1. The van der Waals surface area contributed by atoms with E-state index in [0.29, 0.717) is 17.2 Å².